The van der Waals surface area contributed by atoms with Crippen LogP contribution in [0.1, 0.15) is 19.8 Å². The van der Waals surface area contributed by atoms with E-state index < -0.39 is 5.54 Å². The second-order valence-corrected chi connectivity index (χ2v) is 8.79. The molecule has 0 spiro atoms. The van der Waals surface area contributed by atoms with Gasteiger partial charge in [-0.05, 0) is 30.4 Å². The largest absolute Gasteiger partial charge is 0.467 e. The molecule has 8 heteroatoms. The molecule has 1 saturated carbocycles. The molecule has 2 bridgehead atoms. The van der Waals surface area contributed by atoms with Crippen LogP contribution in [0.3, 0.4) is 0 Å². The van der Waals surface area contributed by atoms with Crippen molar-refractivity contribution in [1.29, 1.82) is 0 Å². The van der Waals surface area contributed by atoms with E-state index in [0.717, 1.165) is 30.5 Å². The average Bonchev–Trinajstić information content (AvgIpc) is 3.36. The molecule has 6 nitrogen and oxygen atoms in total. The lowest BCUT2D eigenvalue weighted by Crippen LogP contribution is -2.55. The molecule has 28 heavy (non-hydrogen) atoms. The smallest absolute Gasteiger partial charge is 0.331 e. The van der Waals surface area contributed by atoms with Gasteiger partial charge < -0.3 is 14.2 Å². The molecule has 0 atom stereocenters. The summed E-state index contributed by atoms with van der Waals surface area (Å²) in [6, 6.07) is 5.64. The molecule has 0 radical (unpaired) electrons. The summed E-state index contributed by atoms with van der Waals surface area (Å²) in [6.07, 6.45) is 6.82. The van der Waals surface area contributed by atoms with Gasteiger partial charge >= 0.3 is 5.97 Å². The van der Waals surface area contributed by atoms with Crippen LogP contribution in [0.5, 0.6) is 0 Å². The Hall–Kier alpha value is -2.31. The first-order chi connectivity index (χ1) is 13.4. The summed E-state index contributed by atoms with van der Waals surface area (Å²) in [4.78, 5) is 23.7. The number of hydrogen-bond acceptors (Lipinski definition) is 5. The van der Waals surface area contributed by atoms with E-state index in [2.05, 4.69) is 16.8 Å². The van der Waals surface area contributed by atoms with Crippen LogP contribution in [0.2, 0.25) is 10.0 Å². The van der Waals surface area contributed by atoms with E-state index in [1.807, 2.05) is 22.9 Å². The SMILES string of the molecule is COC(=O)C12CC(C)(CN1c1cc(-n3ccnc3)c3ccc(Cl)c(Cl)c3n1)C2. The van der Waals surface area contributed by atoms with E-state index in [4.69, 9.17) is 32.9 Å². The number of carbonyl (C=O) groups is 1. The molecule has 2 saturated heterocycles. The number of anilines is 1. The summed E-state index contributed by atoms with van der Waals surface area (Å²) < 4.78 is 7.04. The minimum absolute atomic E-state index is 0.0815. The van der Waals surface area contributed by atoms with Crippen molar-refractivity contribution in [2.24, 2.45) is 5.41 Å². The number of pyridine rings is 1. The Kier molecular flexibility index (Phi) is 3.71. The third kappa shape index (κ3) is 2.31. The first-order valence-electron chi connectivity index (χ1n) is 9.00. The number of nitrogens with zero attached hydrogens (tertiary/aromatic N) is 4. The lowest BCUT2D eigenvalue weighted by Gasteiger charge is -2.43. The number of carbonyl (C=O) groups excluding carboxylic acids is 1. The molecule has 4 heterocycles. The van der Waals surface area contributed by atoms with Crippen molar-refractivity contribution in [3.63, 3.8) is 0 Å². The van der Waals surface area contributed by atoms with Crippen LogP contribution in [0, 0.1) is 5.41 Å². The number of halogens is 2. The Balaban J connectivity index is 1.75. The predicted molar refractivity (Wildman–Crippen MR) is 108 cm³/mol. The molecule has 0 amide bonds. The number of rotatable bonds is 3. The maximum atomic E-state index is 12.6. The van der Waals surface area contributed by atoms with Gasteiger partial charge in [-0.15, -0.1) is 0 Å². The maximum Gasteiger partial charge on any atom is 0.331 e. The minimum Gasteiger partial charge on any atom is -0.467 e. The Morgan fingerprint density at radius 2 is 2.07 bits per heavy atom. The number of esters is 1. The van der Waals surface area contributed by atoms with E-state index in [0.29, 0.717) is 21.4 Å². The lowest BCUT2D eigenvalue weighted by molar-refractivity contribution is -0.151. The van der Waals surface area contributed by atoms with Crippen molar-refractivity contribution in [2.45, 2.75) is 25.3 Å². The van der Waals surface area contributed by atoms with Crippen LogP contribution in [0.4, 0.5) is 5.82 Å². The van der Waals surface area contributed by atoms with Crippen LogP contribution in [-0.2, 0) is 9.53 Å². The quantitative estimate of drug-likeness (QED) is 0.596. The second kappa shape index (κ2) is 5.84. The summed E-state index contributed by atoms with van der Waals surface area (Å²) in [7, 11) is 1.44. The van der Waals surface area contributed by atoms with Gasteiger partial charge in [0.15, 0.2) is 0 Å². The van der Waals surface area contributed by atoms with Crippen molar-refractivity contribution in [2.75, 3.05) is 18.6 Å². The second-order valence-electron chi connectivity index (χ2n) is 8.00. The summed E-state index contributed by atoms with van der Waals surface area (Å²) in [6.45, 7) is 2.93. The molecule has 3 aliphatic rings. The monoisotopic (exact) mass is 416 g/mol. The number of imidazole rings is 1. The minimum atomic E-state index is -0.665. The summed E-state index contributed by atoms with van der Waals surface area (Å²) >= 11 is 12.8. The lowest BCUT2D eigenvalue weighted by atomic mass is 9.63. The van der Waals surface area contributed by atoms with Crippen molar-refractivity contribution >= 4 is 45.9 Å². The number of hydrogen-bond donors (Lipinski definition) is 0. The van der Waals surface area contributed by atoms with E-state index in [1.54, 1.807) is 18.6 Å². The number of benzene rings is 1. The van der Waals surface area contributed by atoms with Crippen LogP contribution in [-0.4, -0.2) is 39.7 Å². The zero-order chi connectivity index (χ0) is 19.7. The Labute approximate surface area is 172 Å². The molecule has 144 valence electrons. The van der Waals surface area contributed by atoms with Gasteiger partial charge in [-0.2, -0.15) is 0 Å². The van der Waals surface area contributed by atoms with Crippen molar-refractivity contribution in [1.82, 2.24) is 14.5 Å². The average molecular weight is 417 g/mol. The van der Waals surface area contributed by atoms with Gasteiger partial charge in [0.2, 0.25) is 0 Å². The number of methoxy groups -OCH3 is 1. The van der Waals surface area contributed by atoms with Crippen LogP contribution < -0.4 is 4.90 Å². The predicted octanol–water partition coefficient (Wildman–Crippen LogP) is 4.26. The molecule has 1 aromatic carbocycles. The van der Waals surface area contributed by atoms with Crippen molar-refractivity contribution in [3.05, 3.63) is 47.0 Å². The molecule has 6 rings (SSSR count). The Morgan fingerprint density at radius 1 is 1.29 bits per heavy atom. The van der Waals surface area contributed by atoms with E-state index in [1.165, 1.54) is 7.11 Å². The zero-order valence-corrected chi connectivity index (χ0v) is 17.0. The Morgan fingerprint density at radius 3 is 2.75 bits per heavy atom. The summed E-state index contributed by atoms with van der Waals surface area (Å²) in [5.74, 6) is 0.470. The van der Waals surface area contributed by atoms with E-state index in [9.17, 15) is 4.79 Å². The molecule has 3 aromatic rings. The number of ether oxygens (including phenoxy) is 1. The highest BCUT2D eigenvalue weighted by Crippen LogP contribution is 2.60. The summed E-state index contributed by atoms with van der Waals surface area (Å²) in [5, 5.41) is 1.70. The molecular weight excluding hydrogens is 399 g/mol. The van der Waals surface area contributed by atoms with Gasteiger partial charge in [0.1, 0.15) is 11.4 Å². The molecule has 2 aromatic heterocycles. The number of aromatic nitrogens is 3. The maximum absolute atomic E-state index is 12.6. The van der Waals surface area contributed by atoms with Crippen molar-refractivity contribution < 1.29 is 9.53 Å². The Bertz CT molecular complexity index is 1110. The van der Waals surface area contributed by atoms with Gasteiger partial charge in [0.25, 0.3) is 0 Å². The third-order valence-electron chi connectivity index (χ3n) is 5.96. The van der Waals surface area contributed by atoms with Crippen molar-refractivity contribution in [3.8, 4) is 5.69 Å². The highest BCUT2D eigenvalue weighted by molar-refractivity contribution is 6.45. The molecule has 2 aliphatic heterocycles. The van der Waals surface area contributed by atoms with E-state index in [-0.39, 0.29) is 11.4 Å². The van der Waals surface area contributed by atoms with Gasteiger partial charge in [-0.1, -0.05) is 30.1 Å². The fourth-order valence-electron chi connectivity index (χ4n) is 4.90. The molecule has 0 N–H and O–H groups in total. The van der Waals surface area contributed by atoms with Gasteiger partial charge in [-0.25, -0.2) is 14.8 Å². The zero-order valence-electron chi connectivity index (χ0n) is 15.4. The van der Waals surface area contributed by atoms with Gasteiger partial charge in [0.05, 0.1) is 34.7 Å². The molecule has 1 aliphatic carbocycles. The van der Waals surface area contributed by atoms with Crippen LogP contribution in [0.25, 0.3) is 16.6 Å². The third-order valence-corrected chi connectivity index (χ3v) is 6.75. The van der Waals surface area contributed by atoms with Crippen LogP contribution in [0.15, 0.2) is 36.9 Å². The molecule has 3 fully saturated rings. The summed E-state index contributed by atoms with van der Waals surface area (Å²) in [5.41, 5.74) is 0.898. The molecule has 0 unspecified atom stereocenters. The highest BCUT2D eigenvalue weighted by atomic mass is 35.5. The fraction of sp³-hybridized carbons (Fsp3) is 0.350. The number of fused-ring (bicyclic) bond motifs is 2. The topological polar surface area (TPSA) is 60.2 Å². The van der Waals surface area contributed by atoms with Gasteiger partial charge in [-0.3, -0.25) is 0 Å². The first-order valence-corrected chi connectivity index (χ1v) is 9.76. The molecular formula is C20H18Cl2N4O2. The standard InChI is InChI=1S/C20H18Cl2N4O2/c1-19-8-20(9-19,18(27)28-2)26(10-19)15-7-14(25-6-5-23-11-25)12-3-4-13(21)16(22)17(12)24-15/h3-7,11H,8-10H2,1-2H3. The van der Waals surface area contributed by atoms with Crippen LogP contribution >= 0.6 is 23.2 Å². The highest BCUT2D eigenvalue weighted by Gasteiger charge is 2.68. The fourth-order valence-corrected chi connectivity index (χ4v) is 5.26. The van der Waals surface area contributed by atoms with E-state index >= 15 is 0 Å². The van der Waals surface area contributed by atoms with Gasteiger partial charge in [0, 0.05) is 30.4 Å². The first kappa shape index (κ1) is 17.8. The normalized spacial score (nSPS) is 25.8.